The molecule has 0 atom stereocenters. The molecular formula is C17H20ClNS. The van der Waals surface area contributed by atoms with E-state index in [2.05, 4.69) is 36.5 Å². The van der Waals surface area contributed by atoms with Crippen LogP contribution in [-0.2, 0) is 13.0 Å². The number of hydrogen-bond donors (Lipinski definition) is 1. The third kappa shape index (κ3) is 3.25. The minimum atomic E-state index is 0.669. The molecule has 106 valence electrons. The predicted molar refractivity (Wildman–Crippen MR) is 87.8 cm³/mol. The molecule has 1 fully saturated rings. The van der Waals surface area contributed by atoms with Crippen LogP contribution >= 0.6 is 22.9 Å². The topological polar surface area (TPSA) is 12.0 Å². The number of rotatable bonds is 5. The number of benzene rings is 1. The lowest BCUT2D eigenvalue weighted by atomic mass is 9.76. The van der Waals surface area contributed by atoms with Crippen molar-refractivity contribution in [3.05, 3.63) is 56.7 Å². The lowest BCUT2D eigenvalue weighted by molar-refractivity contribution is 0.290. The summed E-state index contributed by atoms with van der Waals surface area (Å²) in [5.41, 5.74) is 1.43. The molecule has 3 heteroatoms. The molecular weight excluding hydrogens is 286 g/mol. The molecule has 1 nitrogen and oxygen atoms in total. The fourth-order valence-electron chi connectivity index (χ4n) is 2.74. The SMILES string of the molecule is CCc1ccc(CNC2CC(c3ccc(Cl)cc3)C2)s1. The van der Waals surface area contributed by atoms with Gasteiger partial charge in [0.15, 0.2) is 0 Å². The third-order valence-electron chi connectivity index (χ3n) is 4.11. The van der Waals surface area contributed by atoms with Crippen LogP contribution in [0.15, 0.2) is 36.4 Å². The van der Waals surface area contributed by atoms with Gasteiger partial charge in [-0.3, -0.25) is 0 Å². The molecule has 1 saturated carbocycles. The van der Waals surface area contributed by atoms with Crippen LogP contribution < -0.4 is 5.32 Å². The van der Waals surface area contributed by atoms with Crippen LogP contribution in [-0.4, -0.2) is 6.04 Å². The quantitative estimate of drug-likeness (QED) is 0.819. The molecule has 1 aliphatic carbocycles. The van der Waals surface area contributed by atoms with Crippen molar-refractivity contribution < 1.29 is 0 Å². The molecule has 1 N–H and O–H groups in total. The van der Waals surface area contributed by atoms with Crippen LogP contribution in [0, 0.1) is 0 Å². The molecule has 0 amide bonds. The number of aryl methyl sites for hydroxylation is 1. The summed E-state index contributed by atoms with van der Waals surface area (Å²) in [5, 5.41) is 4.49. The molecule has 1 aromatic carbocycles. The summed E-state index contributed by atoms with van der Waals surface area (Å²) in [7, 11) is 0. The fourth-order valence-corrected chi connectivity index (χ4v) is 3.78. The van der Waals surface area contributed by atoms with Crippen molar-refractivity contribution in [2.45, 2.75) is 44.7 Å². The minimum Gasteiger partial charge on any atom is -0.309 e. The highest BCUT2D eigenvalue weighted by Gasteiger charge is 2.29. The Balaban J connectivity index is 1.45. The lowest BCUT2D eigenvalue weighted by Crippen LogP contribution is -2.39. The Hall–Kier alpha value is -0.830. The fraction of sp³-hybridized carbons (Fsp3) is 0.412. The molecule has 0 aliphatic heterocycles. The van der Waals surface area contributed by atoms with Crippen molar-refractivity contribution in [1.82, 2.24) is 5.32 Å². The van der Waals surface area contributed by atoms with Crippen LogP contribution in [0.1, 0.15) is 41.0 Å². The van der Waals surface area contributed by atoms with E-state index in [9.17, 15) is 0 Å². The smallest absolute Gasteiger partial charge is 0.0406 e. The Morgan fingerprint density at radius 3 is 2.45 bits per heavy atom. The van der Waals surface area contributed by atoms with Crippen molar-refractivity contribution in [1.29, 1.82) is 0 Å². The van der Waals surface area contributed by atoms with Crippen molar-refractivity contribution in [2.24, 2.45) is 0 Å². The molecule has 20 heavy (non-hydrogen) atoms. The molecule has 1 heterocycles. The van der Waals surface area contributed by atoms with E-state index < -0.39 is 0 Å². The summed E-state index contributed by atoms with van der Waals surface area (Å²) in [4.78, 5) is 2.94. The Bertz CT molecular complexity index is 555. The van der Waals surface area contributed by atoms with Gasteiger partial charge in [0.1, 0.15) is 0 Å². The molecule has 1 aromatic heterocycles. The zero-order valence-electron chi connectivity index (χ0n) is 11.7. The summed E-state index contributed by atoms with van der Waals surface area (Å²) in [6.45, 7) is 3.23. The zero-order chi connectivity index (χ0) is 13.9. The van der Waals surface area contributed by atoms with Crippen LogP contribution in [0.5, 0.6) is 0 Å². The first-order valence-corrected chi connectivity index (χ1v) is 8.50. The van der Waals surface area contributed by atoms with Gasteiger partial charge < -0.3 is 5.32 Å². The highest BCUT2D eigenvalue weighted by atomic mass is 35.5. The molecule has 0 radical (unpaired) electrons. The van der Waals surface area contributed by atoms with E-state index in [0.29, 0.717) is 12.0 Å². The summed E-state index contributed by atoms with van der Waals surface area (Å²) in [5.74, 6) is 0.708. The van der Waals surface area contributed by atoms with E-state index in [1.165, 1.54) is 28.2 Å². The van der Waals surface area contributed by atoms with Gasteiger partial charge in [0.25, 0.3) is 0 Å². The van der Waals surface area contributed by atoms with E-state index in [-0.39, 0.29) is 0 Å². The van der Waals surface area contributed by atoms with Crippen LogP contribution in [0.3, 0.4) is 0 Å². The summed E-state index contributed by atoms with van der Waals surface area (Å²) >= 11 is 7.86. The normalized spacial score (nSPS) is 21.7. The van der Waals surface area contributed by atoms with E-state index in [1.807, 2.05) is 23.5 Å². The second kappa shape index (κ2) is 6.30. The maximum absolute atomic E-state index is 5.93. The van der Waals surface area contributed by atoms with E-state index in [4.69, 9.17) is 11.6 Å². The average molecular weight is 306 g/mol. The van der Waals surface area contributed by atoms with E-state index >= 15 is 0 Å². The summed E-state index contributed by atoms with van der Waals surface area (Å²) in [6.07, 6.45) is 3.63. The minimum absolute atomic E-state index is 0.669. The van der Waals surface area contributed by atoms with Crippen molar-refractivity contribution in [3.8, 4) is 0 Å². The first-order valence-electron chi connectivity index (χ1n) is 7.31. The van der Waals surface area contributed by atoms with Gasteiger partial charge in [-0.25, -0.2) is 0 Å². The highest BCUT2D eigenvalue weighted by molar-refractivity contribution is 7.11. The summed E-state index contributed by atoms with van der Waals surface area (Å²) in [6, 6.07) is 13.5. The third-order valence-corrected chi connectivity index (χ3v) is 5.59. The number of nitrogens with one attached hydrogen (secondary N) is 1. The Kier molecular flexibility index (Phi) is 4.45. The monoisotopic (exact) mass is 305 g/mol. The number of thiophene rings is 1. The largest absolute Gasteiger partial charge is 0.309 e. The molecule has 0 saturated heterocycles. The van der Waals surface area contributed by atoms with Crippen LogP contribution in [0.25, 0.3) is 0 Å². The zero-order valence-corrected chi connectivity index (χ0v) is 13.3. The Labute approximate surface area is 130 Å². The Morgan fingerprint density at radius 1 is 1.10 bits per heavy atom. The number of hydrogen-bond acceptors (Lipinski definition) is 2. The van der Waals surface area contributed by atoms with Gasteiger partial charge in [-0.1, -0.05) is 30.7 Å². The second-order valence-corrected chi connectivity index (χ2v) is 7.21. The maximum atomic E-state index is 5.93. The van der Waals surface area contributed by atoms with E-state index in [0.717, 1.165) is 18.0 Å². The van der Waals surface area contributed by atoms with Gasteiger partial charge in [-0.15, -0.1) is 11.3 Å². The van der Waals surface area contributed by atoms with E-state index in [1.54, 1.807) is 0 Å². The molecule has 0 bridgehead atoms. The van der Waals surface area contributed by atoms with Gasteiger partial charge in [-0.05, 0) is 55.0 Å². The second-order valence-electron chi connectivity index (χ2n) is 5.52. The highest BCUT2D eigenvalue weighted by Crippen LogP contribution is 2.37. The first-order chi connectivity index (χ1) is 9.74. The first kappa shape index (κ1) is 14.1. The molecule has 2 aromatic rings. The standard InChI is InChI=1S/C17H20ClNS/c1-2-16-7-8-17(20-16)11-19-15-9-13(10-15)12-3-5-14(18)6-4-12/h3-8,13,15,19H,2,9-11H2,1H3. The molecule has 0 spiro atoms. The average Bonchev–Trinajstić information content (AvgIpc) is 2.87. The van der Waals surface area contributed by atoms with Crippen molar-refractivity contribution in [3.63, 3.8) is 0 Å². The van der Waals surface area contributed by atoms with Gasteiger partial charge in [0.05, 0.1) is 0 Å². The predicted octanol–water partition coefficient (Wildman–Crippen LogP) is 5.00. The maximum Gasteiger partial charge on any atom is 0.0406 e. The summed E-state index contributed by atoms with van der Waals surface area (Å²) < 4.78 is 0. The molecule has 1 aliphatic rings. The van der Waals surface area contributed by atoms with Crippen LogP contribution in [0.2, 0.25) is 5.02 Å². The molecule has 3 rings (SSSR count). The lowest BCUT2D eigenvalue weighted by Gasteiger charge is -2.36. The van der Waals surface area contributed by atoms with Gasteiger partial charge in [0, 0.05) is 27.4 Å². The number of halogens is 1. The Morgan fingerprint density at radius 2 is 1.80 bits per heavy atom. The molecule has 0 unspecified atom stereocenters. The van der Waals surface area contributed by atoms with Crippen molar-refractivity contribution in [2.75, 3.05) is 0 Å². The van der Waals surface area contributed by atoms with Crippen LogP contribution in [0.4, 0.5) is 0 Å². The van der Waals surface area contributed by atoms with Gasteiger partial charge in [-0.2, -0.15) is 0 Å². The van der Waals surface area contributed by atoms with Gasteiger partial charge in [0.2, 0.25) is 0 Å². The van der Waals surface area contributed by atoms with Gasteiger partial charge >= 0.3 is 0 Å². The van der Waals surface area contributed by atoms with Crippen molar-refractivity contribution >= 4 is 22.9 Å².